The van der Waals surface area contributed by atoms with Gasteiger partial charge in [-0.25, -0.2) is 4.79 Å². The van der Waals surface area contributed by atoms with Crippen LogP contribution in [0.4, 0.5) is 0 Å². The Hall–Kier alpha value is -1.92. The van der Waals surface area contributed by atoms with Crippen molar-refractivity contribution in [2.24, 2.45) is 5.92 Å². The molecule has 3 rings (SSSR count). The van der Waals surface area contributed by atoms with Crippen molar-refractivity contribution >= 4 is 20.2 Å². The lowest BCUT2D eigenvalue weighted by molar-refractivity contribution is -0.128. The molecule has 200 valence electrons. The van der Waals surface area contributed by atoms with Crippen molar-refractivity contribution in [1.82, 2.24) is 4.90 Å². The molecule has 1 aromatic rings. The standard InChI is InChI=1S/C30H47NO4Si/c1-30(2,3)36(5,6)35-27(24-12-8-7-9-13-24)21-22-31-26(19-20-28(31)32)14-10-11-23-15-17-25(18-16-23)29(33)34-4/h10,14-18,24,26-27H,7-9,11-13,19-22H2,1-6H3/t26-,27-/m0/s1. The molecule has 5 nitrogen and oxygen atoms in total. The summed E-state index contributed by atoms with van der Waals surface area (Å²) < 4.78 is 11.8. The summed E-state index contributed by atoms with van der Waals surface area (Å²) in [6.45, 7) is 12.4. The van der Waals surface area contributed by atoms with Crippen LogP contribution >= 0.6 is 0 Å². The van der Waals surface area contributed by atoms with Crippen LogP contribution in [0.1, 0.15) is 88.1 Å². The number of methoxy groups -OCH3 is 1. The summed E-state index contributed by atoms with van der Waals surface area (Å²) in [6.07, 6.45) is 14.3. The Kier molecular flexibility index (Phi) is 9.99. The lowest BCUT2D eigenvalue weighted by Crippen LogP contribution is -2.47. The number of nitrogens with zero attached hydrogens (tertiary/aromatic N) is 1. The molecule has 2 fully saturated rings. The number of carbonyl (C=O) groups excluding carboxylic acids is 2. The Morgan fingerprint density at radius 1 is 1.11 bits per heavy atom. The smallest absolute Gasteiger partial charge is 0.337 e. The molecule has 0 N–H and O–H groups in total. The molecule has 1 heterocycles. The number of allylic oxidation sites excluding steroid dienone is 1. The fraction of sp³-hybridized carbons (Fsp3) is 0.667. The molecule has 1 amide bonds. The van der Waals surface area contributed by atoms with E-state index in [2.05, 4.69) is 50.9 Å². The number of likely N-dealkylation sites (tertiary alicyclic amines) is 1. The van der Waals surface area contributed by atoms with Crippen LogP contribution in [0.3, 0.4) is 0 Å². The maximum Gasteiger partial charge on any atom is 0.337 e. The van der Waals surface area contributed by atoms with Gasteiger partial charge in [-0.15, -0.1) is 0 Å². The number of hydrogen-bond donors (Lipinski definition) is 0. The van der Waals surface area contributed by atoms with Crippen LogP contribution in [-0.2, 0) is 20.4 Å². The number of hydrogen-bond acceptors (Lipinski definition) is 4. The second-order valence-corrected chi connectivity index (χ2v) is 16.9. The van der Waals surface area contributed by atoms with Gasteiger partial charge in [0.2, 0.25) is 5.91 Å². The number of rotatable bonds is 10. The topological polar surface area (TPSA) is 55.8 Å². The molecule has 0 spiro atoms. The Morgan fingerprint density at radius 2 is 1.78 bits per heavy atom. The van der Waals surface area contributed by atoms with E-state index in [1.807, 2.05) is 12.1 Å². The summed E-state index contributed by atoms with van der Waals surface area (Å²) in [6, 6.07) is 7.68. The molecule has 0 aromatic heterocycles. The summed E-state index contributed by atoms with van der Waals surface area (Å²) in [7, 11) is -0.488. The van der Waals surface area contributed by atoms with E-state index in [1.165, 1.54) is 39.2 Å². The van der Waals surface area contributed by atoms with Crippen LogP contribution in [0.5, 0.6) is 0 Å². The monoisotopic (exact) mass is 513 g/mol. The Morgan fingerprint density at radius 3 is 2.39 bits per heavy atom. The van der Waals surface area contributed by atoms with E-state index >= 15 is 0 Å². The molecule has 1 saturated heterocycles. The van der Waals surface area contributed by atoms with Crippen molar-refractivity contribution in [2.45, 2.75) is 109 Å². The predicted molar refractivity (Wildman–Crippen MR) is 149 cm³/mol. The van der Waals surface area contributed by atoms with Gasteiger partial charge in [-0.05, 0) is 73.9 Å². The van der Waals surface area contributed by atoms with Gasteiger partial charge in [-0.3, -0.25) is 4.79 Å². The lowest BCUT2D eigenvalue weighted by atomic mass is 9.84. The molecule has 1 saturated carbocycles. The number of amides is 1. The van der Waals surface area contributed by atoms with E-state index in [0.29, 0.717) is 17.9 Å². The van der Waals surface area contributed by atoms with Gasteiger partial charge >= 0.3 is 5.97 Å². The third-order valence-electron chi connectivity index (χ3n) is 8.54. The van der Waals surface area contributed by atoms with Gasteiger partial charge in [0.05, 0.1) is 18.7 Å². The second kappa shape index (κ2) is 12.5. The average Bonchev–Trinajstić information content (AvgIpc) is 3.20. The molecule has 6 heteroatoms. The quantitative estimate of drug-likeness (QED) is 0.193. The molecule has 1 aliphatic carbocycles. The van der Waals surface area contributed by atoms with E-state index in [-0.39, 0.29) is 29.1 Å². The highest BCUT2D eigenvalue weighted by Gasteiger charge is 2.41. The zero-order valence-corrected chi connectivity index (χ0v) is 24.3. The maximum absolute atomic E-state index is 12.8. The van der Waals surface area contributed by atoms with Crippen LogP contribution in [0, 0.1) is 5.92 Å². The average molecular weight is 514 g/mol. The third kappa shape index (κ3) is 7.55. The van der Waals surface area contributed by atoms with Crippen LogP contribution < -0.4 is 0 Å². The van der Waals surface area contributed by atoms with Gasteiger partial charge in [0, 0.05) is 19.1 Å². The highest BCUT2D eigenvalue weighted by atomic mass is 28.4. The van der Waals surface area contributed by atoms with Crippen molar-refractivity contribution < 1.29 is 18.8 Å². The fourth-order valence-corrected chi connectivity index (χ4v) is 6.64. The summed E-state index contributed by atoms with van der Waals surface area (Å²) >= 11 is 0. The minimum absolute atomic E-state index is 0.159. The molecular weight excluding hydrogens is 466 g/mol. The zero-order valence-electron chi connectivity index (χ0n) is 23.3. The molecule has 1 aliphatic heterocycles. The Balaban J connectivity index is 1.62. The van der Waals surface area contributed by atoms with Gasteiger partial charge in [-0.1, -0.05) is 64.3 Å². The maximum atomic E-state index is 12.8. The lowest BCUT2D eigenvalue weighted by Gasteiger charge is -2.43. The molecule has 2 atom stereocenters. The number of ether oxygens (including phenoxy) is 1. The molecule has 0 bridgehead atoms. The summed E-state index contributed by atoms with van der Waals surface area (Å²) in [5.41, 5.74) is 1.69. The molecular formula is C30H47NO4Si. The second-order valence-electron chi connectivity index (χ2n) is 12.1. The van der Waals surface area contributed by atoms with Crippen molar-refractivity contribution in [3.8, 4) is 0 Å². The fourth-order valence-electron chi connectivity index (χ4n) is 5.22. The molecule has 1 aromatic carbocycles. The molecule has 36 heavy (non-hydrogen) atoms. The summed E-state index contributed by atoms with van der Waals surface area (Å²) in [5, 5.41) is 0.184. The molecule has 0 radical (unpaired) electrons. The highest BCUT2D eigenvalue weighted by molar-refractivity contribution is 6.74. The van der Waals surface area contributed by atoms with Crippen molar-refractivity contribution in [1.29, 1.82) is 0 Å². The first-order valence-corrected chi connectivity index (χ1v) is 16.7. The predicted octanol–water partition coefficient (Wildman–Crippen LogP) is 6.92. The number of esters is 1. The SMILES string of the molecule is COC(=O)c1ccc(CC=C[C@H]2CCC(=O)N2CC[C@H](O[Si](C)(C)C(C)(C)C)C2CCCCC2)cc1. The van der Waals surface area contributed by atoms with E-state index in [4.69, 9.17) is 9.16 Å². The largest absolute Gasteiger partial charge is 0.465 e. The third-order valence-corrected chi connectivity index (χ3v) is 13.0. The van der Waals surface area contributed by atoms with Crippen LogP contribution in [0.25, 0.3) is 0 Å². The van der Waals surface area contributed by atoms with E-state index in [1.54, 1.807) is 12.1 Å². The van der Waals surface area contributed by atoms with Crippen molar-refractivity contribution in [2.75, 3.05) is 13.7 Å². The molecule has 0 unspecified atom stereocenters. The summed E-state index contributed by atoms with van der Waals surface area (Å²) in [4.78, 5) is 26.5. The first-order chi connectivity index (χ1) is 17.0. The minimum Gasteiger partial charge on any atom is -0.465 e. The zero-order chi connectivity index (χ0) is 26.3. The first-order valence-electron chi connectivity index (χ1n) is 13.8. The minimum atomic E-state index is -1.88. The normalized spacial score (nSPS) is 20.8. The number of benzene rings is 1. The Labute approximate surface area is 219 Å². The van der Waals surface area contributed by atoms with Gasteiger partial charge in [-0.2, -0.15) is 0 Å². The van der Waals surface area contributed by atoms with E-state index in [9.17, 15) is 9.59 Å². The van der Waals surface area contributed by atoms with Crippen LogP contribution in [0.15, 0.2) is 36.4 Å². The van der Waals surface area contributed by atoms with Gasteiger partial charge in [0.1, 0.15) is 0 Å². The Bertz CT molecular complexity index is 897. The van der Waals surface area contributed by atoms with Gasteiger partial charge in [0.25, 0.3) is 0 Å². The van der Waals surface area contributed by atoms with Crippen LogP contribution in [0.2, 0.25) is 18.1 Å². The van der Waals surface area contributed by atoms with Gasteiger partial charge in [0.15, 0.2) is 8.32 Å². The van der Waals surface area contributed by atoms with Crippen molar-refractivity contribution in [3.05, 3.63) is 47.5 Å². The number of carbonyl (C=O) groups is 2. The van der Waals surface area contributed by atoms with Gasteiger partial charge < -0.3 is 14.1 Å². The summed E-state index contributed by atoms with van der Waals surface area (Å²) in [5.74, 6) is 0.565. The highest BCUT2D eigenvalue weighted by Crippen LogP contribution is 2.40. The first kappa shape index (κ1) is 28.6. The van der Waals surface area contributed by atoms with E-state index in [0.717, 1.165) is 31.4 Å². The van der Waals surface area contributed by atoms with E-state index < -0.39 is 8.32 Å². The van der Waals surface area contributed by atoms with Crippen molar-refractivity contribution in [3.63, 3.8) is 0 Å². The molecule has 2 aliphatic rings. The van der Waals surface area contributed by atoms with Crippen LogP contribution in [-0.4, -0.2) is 50.9 Å².